The molecule has 2 aromatic rings. The molecule has 1 heterocycles. The Hall–Kier alpha value is -1.71. The lowest BCUT2D eigenvalue weighted by Gasteiger charge is -2.28. The third kappa shape index (κ3) is 3.65. The van der Waals surface area contributed by atoms with Gasteiger partial charge in [0, 0.05) is 31.5 Å². The van der Waals surface area contributed by atoms with E-state index in [4.69, 9.17) is 5.73 Å². The lowest BCUT2D eigenvalue weighted by atomic mass is 10.00. The standard InChI is InChI=1S/C17H23N3/c1-13-7-14(2)9-16(8-13)17(10-18)20(3)12-15-5-4-6-19-11-15/h4-9,11,17H,10,12,18H2,1-3H3. The van der Waals surface area contributed by atoms with Crippen molar-refractivity contribution >= 4 is 0 Å². The summed E-state index contributed by atoms with van der Waals surface area (Å²) in [4.78, 5) is 6.45. The minimum atomic E-state index is 0.230. The largest absolute Gasteiger partial charge is 0.329 e. The molecule has 0 aliphatic heterocycles. The molecule has 0 aliphatic carbocycles. The summed E-state index contributed by atoms with van der Waals surface area (Å²) in [5.74, 6) is 0. The minimum absolute atomic E-state index is 0.230. The number of pyridine rings is 1. The lowest BCUT2D eigenvalue weighted by molar-refractivity contribution is 0.241. The van der Waals surface area contributed by atoms with E-state index in [9.17, 15) is 0 Å². The van der Waals surface area contributed by atoms with Gasteiger partial charge in [-0.1, -0.05) is 35.4 Å². The highest BCUT2D eigenvalue weighted by atomic mass is 15.1. The number of hydrogen-bond acceptors (Lipinski definition) is 3. The molecule has 1 unspecified atom stereocenters. The summed E-state index contributed by atoms with van der Waals surface area (Å²) >= 11 is 0. The summed E-state index contributed by atoms with van der Waals surface area (Å²) in [7, 11) is 2.11. The van der Waals surface area contributed by atoms with Gasteiger partial charge in [0.25, 0.3) is 0 Å². The Balaban J connectivity index is 2.18. The van der Waals surface area contributed by atoms with E-state index < -0.39 is 0 Å². The van der Waals surface area contributed by atoms with Gasteiger partial charge in [-0.3, -0.25) is 9.88 Å². The third-order valence-corrected chi connectivity index (χ3v) is 3.54. The molecule has 0 saturated carbocycles. The molecular weight excluding hydrogens is 246 g/mol. The van der Waals surface area contributed by atoms with Crippen molar-refractivity contribution in [3.05, 3.63) is 65.0 Å². The molecule has 1 atom stereocenters. The van der Waals surface area contributed by atoms with Crippen LogP contribution >= 0.6 is 0 Å². The Bertz CT molecular complexity index is 531. The van der Waals surface area contributed by atoms with Crippen LogP contribution in [0.25, 0.3) is 0 Å². The Morgan fingerprint density at radius 3 is 2.45 bits per heavy atom. The Morgan fingerprint density at radius 2 is 1.90 bits per heavy atom. The number of nitrogens with two attached hydrogens (primary N) is 1. The van der Waals surface area contributed by atoms with Crippen LogP contribution in [0.5, 0.6) is 0 Å². The van der Waals surface area contributed by atoms with E-state index in [0.717, 1.165) is 6.54 Å². The molecule has 0 amide bonds. The summed E-state index contributed by atoms with van der Waals surface area (Å²) in [6.07, 6.45) is 3.71. The van der Waals surface area contributed by atoms with Gasteiger partial charge in [-0.25, -0.2) is 0 Å². The average Bonchev–Trinajstić information content (AvgIpc) is 2.39. The number of benzene rings is 1. The molecule has 0 saturated heterocycles. The molecule has 2 N–H and O–H groups in total. The van der Waals surface area contributed by atoms with Gasteiger partial charge in [0.15, 0.2) is 0 Å². The fraction of sp³-hybridized carbons (Fsp3) is 0.353. The molecule has 3 heteroatoms. The average molecular weight is 269 g/mol. The molecule has 20 heavy (non-hydrogen) atoms. The first-order chi connectivity index (χ1) is 9.60. The smallest absolute Gasteiger partial charge is 0.0471 e. The van der Waals surface area contributed by atoms with Gasteiger partial charge in [0.2, 0.25) is 0 Å². The zero-order valence-corrected chi connectivity index (χ0v) is 12.5. The second-order valence-corrected chi connectivity index (χ2v) is 5.45. The number of hydrogen-bond donors (Lipinski definition) is 1. The van der Waals surface area contributed by atoms with Crippen molar-refractivity contribution in [3.63, 3.8) is 0 Å². The molecule has 0 bridgehead atoms. The molecule has 0 spiro atoms. The molecule has 1 aromatic carbocycles. The maximum absolute atomic E-state index is 6.00. The first-order valence-electron chi connectivity index (χ1n) is 6.97. The van der Waals surface area contributed by atoms with E-state index in [2.05, 4.69) is 55.0 Å². The van der Waals surface area contributed by atoms with E-state index in [0.29, 0.717) is 6.54 Å². The van der Waals surface area contributed by atoms with Crippen LogP contribution in [-0.4, -0.2) is 23.5 Å². The lowest BCUT2D eigenvalue weighted by Crippen LogP contribution is -2.30. The topological polar surface area (TPSA) is 42.1 Å². The van der Waals surface area contributed by atoms with Crippen molar-refractivity contribution in [2.24, 2.45) is 5.73 Å². The van der Waals surface area contributed by atoms with Gasteiger partial charge in [-0.05, 0) is 38.1 Å². The van der Waals surface area contributed by atoms with Gasteiger partial charge in [-0.15, -0.1) is 0 Å². The molecular formula is C17H23N3. The number of nitrogens with zero attached hydrogens (tertiary/aromatic N) is 2. The zero-order chi connectivity index (χ0) is 14.5. The summed E-state index contributed by atoms with van der Waals surface area (Å²) in [5.41, 5.74) is 11.1. The molecule has 0 aliphatic rings. The van der Waals surface area contributed by atoms with Crippen molar-refractivity contribution in [2.75, 3.05) is 13.6 Å². The summed E-state index contributed by atoms with van der Waals surface area (Å²) in [6, 6.07) is 10.9. The van der Waals surface area contributed by atoms with Crippen molar-refractivity contribution in [2.45, 2.75) is 26.4 Å². The van der Waals surface area contributed by atoms with Gasteiger partial charge < -0.3 is 5.73 Å². The monoisotopic (exact) mass is 269 g/mol. The van der Waals surface area contributed by atoms with Crippen LogP contribution in [0.15, 0.2) is 42.7 Å². The minimum Gasteiger partial charge on any atom is -0.329 e. The highest BCUT2D eigenvalue weighted by Gasteiger charge is 2.16. The predicted molar refractivity (Wildman–Crippen MR) is 83.4 cm³/mol. The number of likely N-dealkylation sites (N-methyl/N-ethyl adjacent to an activating group) is 1. The SMILES string of the molecule is Cc1cc(C)cc(C(CN)N(C)Cc2cccnc2)c1. The first-order valence-corrected chi connectivity index (χ1v) is 6.97. The molecule has 3 nitrogen and oxygen atoms in total. The van der Waals surface area contributed by atoms with Crippen molar-refractivity contribution in [3.8, 4) is 0 Å². The van der Waals surface area contributed by atoms with E-state index >= 15 is 0 Å². The second kappa shape index (κ2) is 6.64. The van der Waals surface area contributed by atoms with Crippen LogP contribution in [0, 0.1) is 13.8 Å². The first kappa shape index (κ1) is 14.7. The highest BCUT2D eigenvalue weighted by molar-refractivity contribution is 5.31. The van der Waals surface area contributed by atoms with Crippen molar-refractivity contribution in [1.29, 1.82) is 0 Å². The third-order valence-electron chi connectivity index (χ3n) is 3.54. The summed E-state index contributed by atoms with van der Waals surface area (Å²) in [5, 5.41) is 0. The Labute approximate surface area is 121 Å². The fourth-order valence-corrected chi connectivity index (χ4v) is 2.66. The molecule has 106 valence electrons. The van der Waals surface area contributed by atoms with E-state index in [1.54, 1.807) is 6.20 Å². The van der Waals surface area contributed by atoms with Crippen molar-refractivity contribution in [1.82, 2.24) is 9.88 Å². The second-order valence-electron chi connectivity index (χ2n) is 5.45. The Morgan fingerprint density at radius 1 is 1.20 bits per heavy atom. The van der Waals surface area contributed by atoms with Gasteiger partial charge in [0.1, 0.15) is 0 Å². The quantitative estimate of drug-likeness (QED) is 0.907. The van der Waals surface area contributed by atoms with Gasteiger partial charge in [-0.2, -0.15) is 0 Å². The maximum Gasteiger partial charge on any atom is 0.0471 e. The van der Waals surface area contributed by atoms with Crippen molar-refractivity contribution < 1.29 is 0 Å². The zero-order valence-electron chi connectivity index (χ0n) is 12.5. The van der Waals surface area contributed by atoms with E-state index in [1.807, 2.05) is 12.3 Å². The highest BCUT2D eigenvalue weighted by Crippen LogP contribution is 2.22. The Kier molecular flexibility index (Phi) is 4.88. The summed E-state index contributed by atoms with van der Waals surface area (Å²) in [6.45, 7) is 5.72. The van der Waals surface area contributed by atoms with Crippen LogP contribution < -0.4 is 5.73 Å². The van der Waals surface area contributed by atoms with Crippen LogP contribution in [0.3, 0.4) is 0 Å². The van der Waals surface area contributed by atoms with Gasteiger partial charge >= 0.3 is 0 Å². The maximum atomic E-state index is 6.00. The molecule has 0 radical (unpaired) electrons. The van der Waals surface area contributed by atoms with Crippen LogP contribution in [0.1, 0.15) is 28.3 Å². The predicted octanol–water partition coefficient (Wildman–Crippen LogP) is 2.83. The fourth-order valence-electron chi connectivity index (χ4n) is 2.66. The molecule has 0 fully saturated rings. The number of aromatic nitrogens is 1. The van der Waals surface area contributed by atoms with Crippen LogP contribution in [0.4, 0.5) is 0 Å². The van der Waals surface area contributed by atoms with Gasteiger partial charge in [0.05, 0.1) is 0 Å². The number of rotatable bonds is 5. The summed E-state index contributed by atoms with van der Waals surface area (Å²) < 4.78 is 0. The molecule has 1 aromatic heterocycles. The normalized spacial score (nSPS) is 12.7. The van der Waals surface area contributed by atoms with E-state index in [1.165, 1.54) is 22.3 Å². The van der Waals surface area contributed by atoms with Crippen LogP contribution in [-0.2, 0) is 6.54 Å². The van der Waals surface area contributed by atoms with E-state index in [-0.39, 0.29) is 6.04 Å². The number of aryl methyl sites for hydroxylation is 2. The molecule has 2 rings (SSSR count). The van der Waals surface area contributed by atoms with Crippen LogP contribution in [0.2, 0.25) is 0 Å².